The minimum absolute atomic E-state index is 0.0471. The maximum absolute atomic E-state index is 12.5. The molecule has 0 radical (unpaired) electrons. The molecule has 0 aliphatic carbocycles. The van der Waals surface area contributed by atoms with Gasteiger partial charge in [-0.15, -0.1) is 0 Å². The van der Waals surface area contributed by atoms with Crippen molar-refractivity contribution in [3.05, 3.63) is 63.7 Å². The van der Waals surface area contributed by atoms with E-state index >= 15 is 0 Å². The van der Waals surface area contributed by atoms with Gasteiger partial charge in [-0.05, 0) is 54.6 Å². The van der Waals surface area contributed by atoms with E-state index in [1.807, 2.05) is 6.92 Å². The number of ether oxygens (including phenoxy) is 2. The fourth-order valence-electron chi connectivity index (χ4n) is 2.87. The summed E-state index contributed by atoms with van der Waals surface area (Å²) >= 11 is 7.52. The van der Waals surface area contributed by atoms with E-state index in [1.165, 1.54) is 29.8 Å². The Morgan fingerprint density at radius 2 is 2.00 bits per heavy atom. The van der Waals surface area contributed by atoms with Crippen molar-refractivity contribution in [1.82, 2.24) is 5.01 Å². The zero-order valence-corrected chi connectivity index (χ0v) is 18.0. The highest BCUT2D eigenvalue weighted by molar-refractivity contribution is 8.25. The maximum Gasteiger partial charge on any atom is 0.343 e. The Morgan fingerprint density at radius 3 is 2.71 bits per heavy atom. The molecule has 0 saturated heterocycles. The minimum Gasteiger partial charge on any atom is -0.493 e. The molecular formula is C21H15ClN4O4S. The van der Waals surface area contributed by atoms with E-state index in [9.17, 15) is 9.59 Å². The molecule has 2 aliphatic rings. The van der Waals surface area contributed by atoms with Gasteiger partial charge < -0.3 is 9.47 Å². The number of carbonyl (C=O) groups excluding carboxylic acids is 2. The lowest BCUT2D eigenvalue weighted by Crippen LogP contribution is -2.35. The molecule has 2 heterocycles. The molecule has 10 heteroatoms. The summed E-state index contributed by atoms with van der Waals surface area (Å²) in [6, 6.07) is 9.99. The first-order chi connectivity index (χ1) is 14.9. The van der Waals surface area contributed by atoms with Crippen LogP contribution in [0.3, 0.4) is 0 Å². The van der Waals surface area contributed by atoms with Gasteiger partial charge in [0, 0.05) is 0 Å². The predicted octanol–water partition coefficient (Wildman–Crippen LogP) is 4.13. The summed E-state index contributed by atoms with van der Waals surface area (Å²) in [5.74, 6) is -0.974. The van der Waals surface area contributed by atoms with Gasteiger partial charge in [-0.1, -0.05) is 29.3 Å². The summed E-state index contributed by atoms with van der Waals surface area (Å²) in [6.45, 7) is 1.92. The molecule has 4 rings (SSSR count). The molecule has 0 fully saturated rings. The van der Waals surface area contributed by atoms with Gasteiger partial charge >= 0.3 is 5.97 Å². The zero-order chi connectivity index (χ0) is 22.1. The number of thioether (sulfide) groups is 1. The Hall–Kier alpha value is -3.43. The van der Waals surface area contributed by atoms with Gasteiger partial charge in [0.1, 0.15) is 0 Å². The van der Waals surface area contributed by atoms with Gasteiger partial charge in [0.2, 0.25) is 0 Å². The van der Waals surface area contributed by atoms with Crippen molar-refractivity contribution in [3.63, 3.8) is 0 Å². The molecule has 0 aromatic heterocycles. The Kier molecular flexibility index (Phi) is 5.62. The fraction of sp³-hybridized carbons (Fsp3) is 0.0952. The summed E-state index contributed by atoms with van der Waals surface area (Å²) in [6.07, 6.45) is 1.46. The van der Waals surface area contributed by atoms with Crippen LogP contribution >= 0.6 is 23.4 Å². The number of fused-ring (bicyclic) bond motifs is 1. The molecule has 2 aliphatic heterocycles. The largest absolute Gasteiger partial charge is 0.493 e. The van der Waals surface area contributed by atoms with E-state index in [0.717, 1.165) is 17.3 Å². The second-order valence-electron chi connectivity index (χ2n) is 6.55. The third kappa shape index (κ3) is 4.10. The van der Waals surface area contributed by atoms with Crippen molar-refractivity contribution >= 4 is 57.9 Å². The van der Waals surface area contributed by atoms with Crippen molar-refractivity contribution < 1.29 is 19.1 Å². The molecule has 2 aromatic rings. The summed E-state index contributed by atoms with van der Waals surface area (Å²) in [5, 5.41) is 14.0. The second kappa shape index (κ2) is 8.37. The van der Waals surface area contributed by atoms with Crippen LogP contribution < -0.4 is 9.47 Å². The van der Waals surface area contributed by atoms with Crippen LogP contribution in [-0.2, 0) is 4.79 Å². The van der Waals surface area contributed by atoms with Crippen LogP contribution in [0.4, 0.5) is 0 Å². The van der Waals surface area contributed by atoms with Crippen molar-refractivity contribution in [1.29, 1.82) is 5.41 Å². The van der Waals surface area contributed by atoms with E-state index in [0.29, 0.717) is 16.3 Å². The molecule has 2 aromatic carbocycles. The number of carbonyl (C=O) groups is 2. The number of aryl methyl sites for hydroxylation is 1. The number of hydrazone groups is 1. The molecule has 0 unspecified atom stereocenters. The standard InChI is InChI=1S/C21H15ClN4O4S/c1-11-3-5-13(6-4-11)20(28)30-17-15(22)8-12(9-16(17)29-2)7-14-18(23)26-21(25-19(14)27)31-10-24-26/h3-10,23H,1-2H3/b14-7+,23-18?. The van der Waals surface area contributed by atoms with Crippen LogP contribution in [0.5, 0.6) is 11.5 Å². The SMILES string of the molecule is COc1cc(/C=C2\C(=N)N3N=CSC3=NC2=O)cc(Cl)c1OC(=O)c1ccc(C)cc1. The van der Waals surface area contributed by atoms with Crippen LogP contribution in [0, 0.1) is 12.3 Å². The van der Waals surface area contributed by atoms with Crippen LogP contribution in [0.2, 0.25) is 5.02 Å². The first kappa shape index (κ1) is 20.8. The van der Waals surface area contributed by atoms with Crippen molar-refractivity contribution in [2.45, 2.75) is 6.92 Å². The fourth-order valence-corrected chi connectivity index (χ4v) is 3.73. The summed E-state index contributed by atoms with van der Waals surface area (Å²) in [7, 11) is 1.41. The minimum atomic E-state index is -0.582. The lowest BCUT2D eigenvalue weighted by molar-refractivity contribution is -0.114. The summed E-state index contributed by atoms with van der Waals surface area (Å²) in [5.41, 5.74) is 3.40. The molecule has 0 atom stereocenters. The van der Waals surface area contributed by atoms with E-state index in [-0.39, 0.29) is 27.9 Å². The monoisotopic (exact) mass is 454 g/mol. The van der Waals surface area contributed by atoms with Crippen LogP contribution in [0.15, 0.2) is 52.1 Å². The van der Waals surface area contributed by atoms with Crippen LogP contribution in [-0.4, -0.2) is 40.5 Å². The van der Waals surface area contributed by atoms with Crippen LogP contribution in [0.25, 0.3) is 6.08 Å². The van der Waals surface area contributed by atoms with Gasteiger partial charge in [0.15, 0.2) is 22.5 Å². The van der Waals surface area contributed by atoms with Gasteiger partial charge in [0.05, 0.1) is 28.8 Å². The number of amidine groups is 2. The first-order valence-electron chi connectivity index (χ1n) is 8.96. The lowest BCUT2D eigenvalue weighted by Gasteiger charge is -2.20. The highest BCUT2D eigenvalue weighted by Crippen LogP contribution is 2.38. The normalized spacial score (nSPS) is 16.4. The molecular weight excluding hydrogens is 440 g/mol. The number of nitrogens with zero attached hydrogens (tertiary/aromatic N) is 3. The van der Waals surface area contributed by atoms with E-state index in [2.05, 4.69) is 10.1 Å². The highest BCUT2D eigenvalue weighted by atomic mass is 35.5. The number of esters is 1. The third-order valence-electron chi connectivity index (χ3n) is 4.44. The van der Waals surface area contributed by atoms with E-state index in [1.54, 1.807) is 30.3 Å². The van der Waals surface area contributed by atoms with Gasteiger partial charge in [0.25, 0.3) is 5.91 Å². The molecule has 1 amide bonds. The number of methoxy groups -OCH3 is 1. The highest BCUT2D eigenvalue weighted by Gasteiger charge is 2.32. The number of amides is 1. The Balaban J connectivity index is 1.65. The molecule has 156 valence electrons. The Morgan fingerprint density at radius 1 is 1.26 bits per heavy atom. The van der Waals surface area contributed by atoms with Crippen LogP contribution in [0.1, 0.15) is 21.5 Å². The number of hydrogen-bond acceptors (Lipinski definition) is 7. The average molecular weight is 455 g/mol. The number of aliphatic imine (C=N–C) groups is 1. The number of hydrogen-bond donors (Lipinski definition) is 1. The smallest absolute Gasteiger partial charge is 0.343 e. The number of nitrogens with one attached hydrogen (secondary N) is 1. The average Bonchev–Trinajstić information content (AvgIpc) is 3.21. The maximum atomic E-state index is 12.5. The topological polar surface area (TPSA) is 104 Å². The lowest BCUT2D eigenvalue weighted by atomic mass is 10.1. The van der Waals surface area contributed by atoms with E-state index in [4.69, 9.17) is 26.5 Å². The zero-order valence-electron chi connectivity index (χ0n) is 16.4. The predicted molar refractivity (Wildman–Crippen MR) is 120 cm³/mol. The number of benzene rings is 2. The van der Waals surface area contributed by atoms with Crippen molar-refractivity contribution in [2.75, 3.05) is 7.11 Å². The van der Waals surface area contributed by atoms with Gasteiger partial charge in [-0.2, -0.15) is 15.1 Å². The second-order valence-corrected chi connectivity index (χ2v) is 7.77. The molecule has 0 spiro atoms. The molecule has 8 nitrogen and oxygen atoms in total. The van der Waals surface area contributed by atoms with Crippen molar-refractivity contribution in [2.24, 2.45) is 10.1 Å². The number of rotatable bonds is 4. The summed E-state index contributed by atoms with van der Waals surface area (Å²) < 4.78 is 10.8. The first-order valence-corrected chi connectivity index (χ1v) is 10.2. The Labute approximate surface area is 186 Å². The molecule has 0 bridgehead atoms. The van der Waals surface area contributed by atoms with Gasteiger partial charge in [-0.3, -0.25) is 10.2 Å². The van der Waals surface area contributed by atoms with E-state index < -0.39 is 11.9 Å². The quantitative estimate of drug-likeness (QED) is 0.423. The molecule has 1 N–H and O–H groups in total. The van der Waals surface area contributed by atoms with Crippen molar-refractivity contribution in [3.8, 4) is 11.5 Å². The van der Waals surface area contributed by atoms with Gasteiger partial charge in [-0.25, -0.2) is 4.79 Å². The third-order valence-corrected chi connectivity index (χ3v) is 5.40. The number of halogens is 1. The molecule has 31 heavy (non-hydrogen) atoms. The summed E-state index contributed by atoms with van der Waals surface area (Å²) in [4.78, 5) is 28.8. The Bertz CT molecular complexity index is 1200. The molecule has 0 saturated carbocycles.